The van der Waals surface area contributed by atoms with Crippen molar-refractivity contribution in [1.82, 2.24) is 4.90 Å². The highest BCUT2D eigenvalue weighted by molar-refractivity contribution is 9.10. The lowest BCUT2D eigenvalue weighted by Crippen LogP contribution is -2.30. The zero-order valence-corrected chi connectivity index (χ0v) is 20.8. The molecule has 1 fully saturated rings. The van der Waals surface area contributed by atoms with Crippen LogP contribution in [0.1, 0.15) is 42.4 Å². The maximum absolute atomic E-state index is 9.58. The maximum Gasteiger partial charge on any atom is 0.119 e. The monoisotopic (exact) mass is 505 g/mol. The molecule has 172 valence electrons. The Hall–Kier alpha value is -2.40. The summed E-state index contributed by atoms with van der Waals surface area (Å²) in [6.45, 7) is 2.06. The molecule has 1 heterocycles. The molecule has 1 saturated heterocycles. The molecule has 3 aromatic carbocycles. The second kappa shape index (κ2) is 11.6. The first-order chi connectivity index (χ1) is 16.2. The number of rotatable bonds is 9. The third-order valence-electron chi connectivity index (χ3n) is 6.40. The number of likely N-dealkylation sites (N-methyl/N-ethyl adjacent to an activating group) is 1. The van der Waals surface area contributed by atoms with Crippen molar-refractivity contribution < 1.29 is 9.84 Å². The Morgan fingerprint density at radius 3 is 2.21 bits per heavy atom. The van der Waals surface area contributed by atoms with Gasteiger partial charge in [0.1, 0.15) is 12.4 Å². The molecule has 1 N–H and O–H groups in total. The molecule has 4 rings (SSSR count). The number of ether oxygens (including phenoxy) is 1. The molecule has 0 aromatic heterocycles. The summed E-state index contributed by atoms with van der Waals surface area (Å²) in [5.74, 6) is 0.908. The van der Waals surface area contributed by atoms with Crippen molar-refractivity contribution in [2.45, 2.75) is 31.7 Å². The predicted octanol–water partition coefficient (Wildman–Crippen LogP) is 6.65. The van der Waals surface area contributed by atoms with Crippen molar-refractivity contribution in [2.24, 2.45) is 0 Å². The van der Waals surface area contributed by atoms with Crippen molar-refractivity contribution >= 4 is 27.1 Å². The van der Waals surface area contributed by atoms with E-state index < -0.39 is 0 Å². The van der Waals surface area contributed by atoms with Gasteiger partial charge in [-0.3, -0.25) is 0 Å². The van der Waals surface area contributed by atoms with E-state index in [1.54, 1.807) is 0 Å². The van der Waals surface area contributed by atoms with Crippen molar-refractivity contribution in [3.8, 4) is 5.75 Å². The molecule has 4 heteroatoms. The van der Waals surface area contributed by atoms with Crippen LogP contribution in [-0.4, -0.2) is 42.9 Å². The minimum Gasteiger partial charge on any atom is -0.492 e. The van der Waals surface area contributed by atoms with Crippen LogP contribution >= 0.6 is 15.9 Å². The van der Waals surface area contributed by atoms with Crippen LogP contribution in [0, 0.1) is 0 Å². The van der Waals surface area contributed by atoms with Crippen molar-refractivity contribution in [1.29, 1.82) is 0 Å². The van der Waals surface area contributed by atoms with Crippen LogP contribution < -0.4 is 4.74 Å². The van der Waals surface area contributed by atoms with Gasteiger partial charge in [-0.25, -0.2) is 0 Å². The van der Waals surface area contributed by atoms with Gasteiger partial charge in [-0.1, -0.05) is 70.5 Å². The summed E-state index contributed by atoms with van der Waals surface area (Å²) in [6, 6.07) is 28.0. The molecule has 1 aliphatic rings. The van der Waals surface area contributed by atoms with Gasteiger partial charge in [-0.15, -0.1) is 0 Å². The van der Waals surface area contributed by atoms with Gasteiger partial charge in [0.05, 0.1) is 0 Å². The topological polar surface area (TPSA) is 32.7 Å². The summed E-state index contributed by atoms with van der Waals surface area (Å²) in [7, 11) is 2.18. The van der Waals surface area contributed by atoms with Gasteiger partial charge in [0, 0.05) is 17.1 Å². The van der Waals surface area contributed by atoms with Crippen LogP contribution in [0.3, 0.4) is 0 Å². The molecule has 0 unspecified atom stereocenters. The van der Waals surface area contributed by atoms with E-state index in [9.17, 15) is 5.11 Å². The average Bonchev–Trinajstić information content (AvgIpc) is 3.27. The molecule has 1 atom stereocenters. The van der Waals surface area contributed by atoms with E-state index >= 15 is 0 Å². The van der Waals surface area contributed by atoms with E-state index in [0.717, 1.165) is 47.3 Å². The number of halogens is 1. The molecule has 33 heavy (non-hydrogen) atoms. The summed E-state index contributed by atoms with van der Waals surface area (Å²) >= 11 is 3.56. The molecular weight excluding hydrogens is 474 g/mol. The predicted molar refractivity (Wildman–Crippen MR) is 140 cm³/mol. The number of hydrogen-bond donors (Lipinski definition) is 1. The minimum atomic E-state index is 0.173. The average molecular weight is 506 g/mol. The SMILES string of the molecule is CN1CCC[C@H]1COc1ccc(C(=C(CCCO)c2ccccc2)c2ccc(Br)cc2)cc1. The van der Waals surface area contributed by atoms with Gasteiger partial charge in [0.15, 0.2) is 0 Å². The molecule has 3 nitrogen and oxygen atoms in total. The quantitative estimate of drug-likeness (QED) is 0.330. The molecule has 0 spiro atoms. The van der Waals surface area contributed by atoms with Crippen LogP contribution in [0.15, 0.2) is 83.3 Å². The molecule has 0 aliphatic carbocycles. The van der Waals surface area contributed by atoms with E-state index in [0.29, 0.717) is 6.04 Å². The summed E-state index contributed by atoms with van der Waals surface area (Å²) in [6.07, 6.45) is 3.98. The Balaban J connectivity index is 1.69. The number of benzene rings is 3. The number of aliphatic hydroxyl groups excluding tert-OH is 1. The highest BCUT2D eigenvalue weighted by Crippen LogP contribution is 2.36. The van der Waals surface area contributed by atoms with Gasteiger partial charge in [-0.05, 0) is 91.4 Å². The highest BCUT2D eigenvalue weighted by Gasteiger charge is 2.21. The Kier molecular flexibility index (Phi) is 8.38. The fraction of sp³-hybridized carbons (Fsp3) is 0.310. The molecular formula is C29H32BrNO2. The van der Waals surface area contributed by atoms with Crippen molar-refractivity contribution in [2.75, 3.05) is 26.8 Å². The fourth-order valence-corrected chi connectivity index (χ4v) is 4.80. The second-order valence-corrected chi connectivity index (χ2v) is 9.58. The zero-order chi connectivity index (χ0) is 23.0. The van der Waals surface area contributed by atoms with Gasteiger partial charge < -0.3 is 14.7 Å². The van der Waals surface area contributed by atoms with Crippen LogP contribution in [0.25, 0.3) is 11.1 Å². The lowest BCUT2D eigenvalue weighted by molar-refractivity contribution is 0.198. The number of likely N-dealkylation sites (tertiary alicyclic amines) is 1. The van der Waals surface area contributed by atoms with E-state index in [4.69, 9.17) is 4.74 Å². The van der Waals surface area contributed by atoms with E-state index in [1.165, 1.54) is 29.6 Å². The largest absolute Gasteiger partial charge is 0.492 e. The van der Waals surface area contributed by atoms with Crippen molar-refractivity contribution in [3.63, 3.8) is 0 Å². The Bertz CT molecular complexity index is 1050. The number of hydrogen-bond acceptors (Lipinski definition) is 3. The van der Waals surface area contributed by atoms with Crippen molar-refractivity contribution in [3.05, 3.63) is 100 Å². The first-order valence-corrected chi connectivity index (χ1v) is 12.5. The Morgan fingerprint density at radius 1 is 0.939 bits per heavy atom. The van der Waals surface area contributed by atoms with Crippen LogP contribution in [0.2, 0.25) is 0 Å². The van der Waals surface area contributed by atoms with Crippen LogP contribution in [0.4, 0.5) is 0 Å². The molecule has 0 radical (unpaired) electrons. The fourth-order valence-electron chi connectivity index (χ4n) is 4.54. The summed E-state index contributed by atoms with van der Waals surface area (Å²) in [5.41, 5.74) is 5.95. The highest BCUT2D eigenvalue weighted by atomic mass is 79.9. The van der Waals surface area contributed by atoms with Gasteiger partial charge in [0.2, 0.25) is 0 Å². The molecule has 0 amide bonds. The van der Waals surface area contributed by atoms with Gasteiger partial charge in [0.25, 0.3) is 0 Å². The lowest BCUT2D eigenvalue weighted by atomic mass is 9.87. The first kappa shape index (κ1) is 23.7. The van der Waals surface area contributed by atoms with Gasteiger partial charge >= 0.3 is 0 Å². The third kappa shape index (κ3) is 6.14. The van der Waals surface area contributed by atoms with E-state index in [-0.39, 0.29) is 6.61 Å². The normalized spacial score (nSPS) is 17.1. The van der Waals surface area contributed by atoms with Gasteiger partial charge in [-0.2, -0.15) is 0 Å². The molecule has 1 aliphatic heterocycles. The standard InChI is InChI=1S/C29H32BrNO2/c1-31-19-5-9-26(31)21-33-27-17-13-24(14-18-27)29(23-11-15-25(30)16-12-23)28(10-6-20-32)22-7-3-2-4-8-22/h2-4,7-8,11-18,26,32H,5-6,9-10,19-21H2,1H3/t26-/m0/s1. The van der Waals surface area contributed by atoms with E-state index in [2.05, 4.69) is 101 Å². The summed E-state index contributed by atoms with van der Waals surface area (Å²) in [5, 5.41) is 9.58. The Morgan fingerprint density at radius 2 is 1.61 bits per heavy atom. The summed E-state index contributed by atoms with van der Waals surface area (Å²) < 4.78 is 7.19. The summed E-state index contributed by atoms with van der Waals surface area (Å²) in [4.78, 5) is 2.38. The lowest BCUT2D eigenvalue weighted by Gasteiger charge is -2.20. The maximum atomic E-state index is 9.58. The van der Waals surface area contributed by atoms with E-state index in [1.807, 2.05) is 6.07 Å². The Labute approximate surface area is 205 Å². The third-order valence-corrected chi connectivity index (χ3v) is 6.93. The minimum absolute atomic E-state index is 0.173. The second-order valence-electron chi connectivity index (χ2n) is 8.67. The molecule has 0 bridgehead atoms. The van der Waals surface area contributed by atoms with Crippen LogP contribution in [-0.2, 0) is 0 Å². The number of aliphatic hydroxyl groups is 1. The number of nitrogens with zero attached hydrogens (tertiary/aromatic N) is 1. The smallest absolute Gasteiger partial charge is 0.119 e. The first-order valence-electron chi connectivity index (χ1n) is 11.7. The number of allylic oxidation sites excluding steroid dienone is 1. The zero-order valence-electron chi connectivity index (χ0n) is 19.2. The van der Waals surface area contributed by atoms with Crippen LogP contribution in [0.5, 0.6) is 5.75 Å². The molecule has 3 aromatic rings. The molecule has 0 saturated carbocycles.